The molecule has 0 saturated carbocycles. The molecular formula is C19H21N3. The Kier molecular flexibility index (Phi) is 5.78. The highest BCUT2D eigenvalue weighted by atomic mass is 15.0. The van der Waals surface area contributed by atoms with E-state index in [4.69, 9.17) is 0 Å². The number of nitrogens with zero attached hydrogens (tertiary/aromatic N) is 3. The summed E-state index contributed by atoms with van der Waals surface area (Å²) in [6.45, 7) is 6.05. The van der Waals surface area contributed by atoms with Crippen LogP contribution in [-0.4, -0.2) is 15.0 Å². The number of aromatic nitrogens is 3. The summed E-state index contributed by atoms with van der Waals surface area (Å²) >= 11 is 0. The molecule has 0 bridgehead atoms. The van der Waals surface area contributed by atoms with E-state index in [1.807, 2.05) is 74.5 Å². The van der Waals surface area contributed by atoms with Gasteiger partial charge in [0.1, 0.15) is 5.82 Å². The molecule has 0 fully saturated rings. The Morgan fingerprint density at radius 2 is 1.05 bits per heavy atom. The van der Waals surface area contributed by atoms with Gasteiger partial charge in [0.05, 0.1) is 0 Å². The van der Waals surface area contributed by atoms with Crippen LogP contribution in [0.15, 0.2) is 60.7 Å². The molecule has 22 heavy (non-hydrogen) atoms. The first-order chi connectivity index (χ1) is 10.9. The third kappa shape index (κ3) is 3.76. The van der Waals surface area contributed by atoms with Gasteiger partial charge in [0, 0.05) is 17.5 Å². The maximum atomic E-state index is 4.60. The Morgan fingerprint density at radius 3 is 1.41 bits per heavy atom. The molecular weight excluding hydrogens is 270 g/mol. The Hall–Kier alpha value is -2.55. The molecule has 0 unspecified atom stereocenters. The van der Waals surface area contributed by atoms with E-state index in [1.165, 1.54) is 0 Å². The van der Waals surface area contributed by atoms with Gasteiger partial charge in [-0.1, -0.05) is 81.4 Å². The molecule has 0 radical (unpaired) electrons. The summed E-state index contributed by atoms with van der Waals surface area (Å²) < 4.78 is 0. The minimum absolute atomic E-state index is 0.733. The molecule has 0 aliphatic carbocycles. The minimum Gasteiger partial charge on any atom is -0.213 e. The van der Waals surface area contributed by atoms with E-state index < -0.39 is 0 Å². The highest BCUT2D eigenvalue weighted by Crippen LogP contribution is 2.19. The van der Waals surface area contributed by atoms with Crippen LogP contribution in [0.5, 0.6) is 0 Å². The molecule has 3 rings (SSSR count). The van der Waals surface area contributed by atoms with Gasteiger partial charge in [-0.2, -0.15) is 0 Å². The molecule has 0 spiro atoms. The van der Waals surface area contributed by atoms with Crippen LogP contribution in [0.1, 0.15) is 26.6 Å². The number of aryl methyl sites for hydroxylation is 1. The van der Waals surface area contributed by atoms with Gasteiger partial charge in [0.15, 0.2) is 11.6 Å². The van der Waals surface area contributed by atoms with Crippen LogP contribution in [0.4, 0.5) is 0 Å². The fourth-order valence-corrected chi connectivity index (χ4v) is 2.01. The second-order valence-electron chi connectivity index (χ2n) is 4.48. The Labute approximate surface area is 132 Å². The lowest BCUT2D eigenvalue weighted by Gasteiger charge is -2.06. The molecule has 3 heteroatoms. The van der Waals surface area contributed by atoms with E-state index in [0.717, 1.165) is 35.0 Å². The average molecular weight is 291 g/mol. The molecule has 0 saturated heterocycles. The van der Waals surface area contributed by atoms with Crippen LogP contribution in [0.3, 0.4) is 0 Å². The second-order valence-corrected chi connectivity index (χ2v) is 4.48. The smallest absolute Gasteiger partial charge is 0.163 e. The minimum atomic E-state index is 0.733. The standard InChI is InChI=1S/C17H15N3.C2H6/c1-2-15-18-16(13-9-5-3-6-10-13)20-17(19-15)14-11-7-4-8-12-14;1-2/h3-12H,2H2,1H3;1-2H3. The molecule has 112 valence electrons. The monoisotopic (exact) mass is 291 g/mol. The summed E-state index contributed by atoms with van der Waals surface area (Å²) in [5, 5.41) is 0. The quantitative estimate of drug-likeness (QED) is 0.696. The van der Waals surface area contributed by atoms with Gasteiger partial charge in [-0.25, -0.2) is 15.0 Å². The summed E-state index contributed by atoms with van der Waals surface area (Å²) in [5.41, 5.74) is 2.03. The van der Waals surface area contributed by atoms with E-state index in [2.05, 4.69) is 21.9 Å². The summed E-state index contributed by atoms with van der Waals surface area (Å²) in [4.78, 5) is 13.7. The normalized spacial score (nSPS) is 9.77. The molecule has 0 aliphatic rings. The Bertz CT molecular complexity index is 637. The average Bonchev–Trinajstić information content (AvgIpc) is 2.64. The van der Waals surface area contributed by atoms with Crippen LogP contribution in [-0.2, 0) is 6.42 Å². The summed E-state index contributed by atoms with van der Waals surface area (Å²) in [6, 6.07) is 20.0. The van der Waals surface area contributed by atoms with Crippen molar-refractivity contribution in [3.8, 4) is 22.8 Å². The molecule has 1 heterocycles. The molecule has 3 nitrogen and oxygen atoms in total. The molecule has 2 aromatic carbocycles. The SMILES string of the molecule is CC.CCc1nc(-c2ccccc2)nc(-c2ccccc2)n1. The molecule has 0 amide bonds. The first kappa shape index (κ1) is 15.8. The zero-order chi connectivity index (χ0) is 15.8. The summed E-state index contributed by atoms with van der Waals surface area (Å²) in [6.07, 6.45) is 0.794. The lowest BCUT2D eigenvalue weighted by Crippen LogP contribution is -2.01. The van der Waals surface area contributed by atoms with Crippen LogP contribution >= 0.6 is 0 Å². The van der Waals surface area contributed by atoms with Crippen molar-refractivity contribution >= 4 is 0 Å². The highest BCUT2D eigenvalue weighted by molar-refractivity contribution is 5.60. The van der Waals surface area contributed by atoms with Crippen molar-refractivity contribution in [3.63, 3.8) is 0 Å². The lowest BCUT2D eigenvalue weighted by molar-refractivity contribution is 0.910. The van der Waals surface area contributed by atoms with E-state index in [9.17, 15) is 0 Å². The first-order valence-electron chi connectivity index (χ1n) is 7.72. The Balaban J connectivity index is 0.000000847. The van der Waals surface area contributed by atoms with Crippen molar-refractivity contribution in [2.24, 2.45) is 0 Å². The Morgan fingerprint density at radius 1 is 0.636 bits per heavy atom. The maximum absolute atomic E-state index is 4.60. The molecule has 3 aromatic rings. The second kappa shape index (κ2) is 8.03. The fraction of sp³-hybridized carbons (Fsp3) is 0.211. The molecule has 0 atom stereocenters. The zero-order valence-corrected chi connectivity index (χ0v) is 13.3. The summed E-state index contributed by atoms with van der Waals surface area (Å²) in [7, 11) is 0. The maximum Gasteiger partial charge on any atom is 0.163 e. The largest absolute Gasteiger partial charge is 0.213 e. The number of hydrogen-bond donors (Lipinski definition) is 0. The third-order valence-electron chi connectivity index (χ3n) is 3.06. The van der Waals surface area contributed by atoms with Gasteiger partial charge >= 0.3 is 0 Å². The van der Waals surface area contributed by atoms with Crippen LogP contribution in [0, 0.1) is 0 Å². The topological polar surface area (TPSA) is 38.7 Å². The number of rotatable bonds is 3. The first-order valence-corrected chi connectivity index (χ1v) is 7.72. The summed E-state index contributed by atoms with van der Waals surface area (Å²) in [5.74, 6) is 2.28. The van der Waals surface area contributed by atoms with Crippen molar-refractivity contribution < 1.29 is 0 Å². The van der Waals surface area contributed by atoms with Gasteiger partial charge in [0.2, 0.25) is 0 Å². The van der Waals surface area contributed by atoms with Gasteiger partial charge in [-0.3, -0.25) is 0 Å². The lowest BCUT2D eigenvalue weighted by atomic mass is 10.2. The third-order valence-corrected chi connectivity index (χ3v) is 3.06. The molecule has 1 aromatic heterocycles. The van der Waals surface area contributed by atoms with Gasteiger partial charge in [-0.05, 0) is 0 Å². The van der Waals surface area contributed by atoms with Crippen LogP contribution in [0.25, 0.3) is 22.8 Å². The van der Waals surface area contributed by atoms with E-state index in [-0.39, 0.29) is 0 Å². The van der Waals surface area contributed by atoms with E-state index >= 15 is 0 Å². The van der Waals surface area contributed by atoms with E-state index in [0.29, 0.717) is 0 Å². The molecule has 0 aliphatic heterocycles. The van der Waals surface area contributed by atoms with Crippen molar-refractivity contribution in [1.29, 1.82) is 0 Å². The zero-order valence-electron chi connectivity index (χ0n) is 13.3. The molecule has 0 N–H and O–H groups in total. The highest BCUT2D eigenvalue weighted by Gasteiger charge is 2.08. The van der Waals surface area contributed by atoms with Crippen LogP contribution in [0.2, 0.25) is 0 Å². The predicted octanol–water partition coefficient (Wildman–Crippen LogP) is 4.79. The van der Waals surface area contributed by atoms with Crippen molar-refractivity contribution in [3.05, 3.63) is 66.5 Å². The number of benzene rings is 2. The van der Waals surface area contributed by atoms with Gasteiger partial charge in [-0.15, -0.1) is 0 Å². The fourth-order valence-electron chi connectivity index (χ4n) is 2.01. The van der Waals surface area contributed by atoms with E-state index in [1.54, 1.807) is 0 Å². The van der Waals surface area contributed by atoms with Crippen molar-refractivity contribution in [2.45, 2.75) is 27.2 Å². The van der Waals surface area contributed by atoms with Gasteiger partial charge in [0.25, 0.3) is 0 Å². The van der Waals surface area contributed by atoms with Gasteiger partial charge < -0.3 is 0 Å². The van der Waals surface area contributed by atoms with Crippen molar-refractivity contribution in [1.82, 2.24) is 15.0 Å². The van der Waals surface area contributed by atoms with Crippen molar-refractivity contribution in [2.75, 3.05) is 0 Å². The predicted molar refractivity (Wildman–Crippen MR) is 91.4 cm³/mol. The number of hydrogen-bond acceptors (Lipinski definition) is 3. The van der Waals surface area contributed by atoms with Crippen LogP contribution < -0.4 is 0 Å².